The van der Waals surface area contributed by atoms with Gasteiger partial charge in [0.2, 0.25) is 5.91 Å². The molecule has 1 aromatic rings. The zero-order valence-electron chi connectivity index (χ0n) is 14.3. The molecule has 0 aromatic heterocycles. The molecule has 0 saturated carbocycles. The number of hydrogen-bond acceptors (Lipinski definition) is 2. The SMILES string of the molecule is CCCNC(=O)[C@H](NC(=O)[C@@H]1Cc2ccccc2C[NH2+]1)C(C)C. The van der Waals surface area contributed by atoms with Gasteiger partial charge in [0.15, 0.2) is 6.04 Å². The second-order valence-corrected chi connectivity index (χ2v) is 6.54. The smallest absolute Gasteiger partial charge is 0.279 e. The van der Waals surface area contributed by atoms with Gasteiger partial charge in [0, 0.05) is 18.5 Å². The van der Waals surface area contributed by atoms with Gasteiger partial charge >= 0.3 is 0 Å². The fraction of sp³-hybridized carbons (Fsp3) is 0.556. The van der Waals surface area contributed by atoms with E-state index in [1.807, 2.05) is 32.9 Å². The Morgan fingerprint density at radius 3 is 2.61 bits per heavy atom. The summed E-state index contributed by atoms with van der Waals surface area (Å²) in [7, 11) is 0. The first-order chi connectivity index (χ1) is 11.0. The van der Waals surface area contributed by atoms with E-state index in [1.54, 1.807) is 0 Å². The zero-order chi connectivity index (χ0) is 16.8. The molecule has 126 valence electrons. The summed E-state index contributed by atoms with van der Waals surface area (Å²) in [5.41, 5.74) is 2.52. The standard InChI is InChI=1S/C18H27N3O2/c1-4-9-19-18(23)16(12(2)3)21-17(22)15-10-13-7-5-6-8-14(13)11-20-15/h5-8,12,15-16,20H,4,9-11H2,1-3H3,(H,19,23)(H,21,22)/p+1/t15-,16+/m0/s1. The van der Waals surface area contributed by atoms with Crippen molar-refractivity contribution in [2.75, 3.05) is 6.54 Å². The van der Waals surface area contributed by atoms with Crippen LogP contribution >= 0.6 is 0 Å². The van der Waals surface area contributed by atoms with Gasteiger partial charge in [0.25, 0.3) is 5.91 Å². The Hall–Kier alpha value is -1.88. The Morgan fingerprint density at radius 1 is 1.26 bits per heavy atom. The molecule has 2 amide bonds. The van der Waals surface area contributed by atoms with E-state index in [9.17, 15) is 9.59 Å². The molecule has 5 heteroatoms. The van der Waals surface area contributed by atoms with Crippen molar-refractivity contribution < 1.29 is 14.9 Å². The third kappa shape index (κ3) is 4.55. The third-order valence-electron chi connectivity index (χ3n) is 4.31. The molecular formula is C18H28N3O2+. The van der Waals surface area contributed by atoms with Crippen LogP contribution in [0.5, 0.6) is 0 Å². The van der Waals surface area contributed by atoms with Gasteiger partial charge in [-0.15, -0.1) is 0 Å². The van der Waals surface area contributed by atoms with Crippen LogP contribution in [0.2, 0.25) is 0 Å². The molecule has 2 atom stereocenters. The van der Waals surface area contributed by atoms with Crippen molar-refractivity contribution in [3.8, 4) is 0 Å². The number of quaternary nitrogens is 1. The highest BCUT2D eigenvalue weighted by Gasteiger charge is 2.31. The maximum atomic E-state index is 12.6. The number of rotatable bonds is 6. The van der Waals surface area contributed by atoms with Crippen molar-refractivity contribution in [3.05, 3.63) is 35.4 Å². The Morgan fingerprint density at radius 2 is 1.96 bits per heavy atom. The van der Waals surface area contributed by atoms with Crippen LogP contribution in [0.3, 0.4) is 0 Å². The van der Waals surface area contributed by atoms with Gasteiger partial charge in [-0.3, -0.25) is 9.59 Å². The van der Waals surface area contributed by atoms with Gasteiger partial charge in [-0.05, 0) is 17.9 Å². The lowest BCUT2D eigenvalue weighted by atomic mass is 9.95. The van der Waals surface area contributed by atoms with E-state index in [1.165, 1.54) is 11.1 Å². The monoisotopic (exact) mass is 318 g/mol. The summed E-state index contributed by atoms with van der Waals surface area (Å²) in [6.45, 7) is 7.37. The molecule has 23 heavy (non-hydrogen) atoms. The number of nitrogens with two attached hydrogens (primary N) is 1. The van der Waals surface area contributed by atoms with Gasteiger partial charge in [0.1, 0.15) is 12.6 Å². The van der Waals surface area contributed by atoms with E-state index in [-0.39, 0.29) is 23.8 Å². The summed E-state index contributed by atoms with van der Waals surface area (Å²) < 4.78 is 0. The van der Waals surface area contributed by atoms with E-state index in [4.69, 9.17) is 0 Å². The fourth-order valence-corrected chi connectivity index (χ4v) is 2.90. The third-order valence-corrected chi connectivity index (χ3v) is 4.31. The normalized spacial score (nSPS) is 18.2. The molecule has 0 aliphatic carbocycles. The van der Waals surface area contributed by atoms with E-state index in [2.05, 4.69) is 28.1 Å². The highest BCUT2D eigenvalue weighted by atomic mass is 16.2. The van der Waals surface area contributed by atoms with Crippen LogP contribution in [0, 0.1) is 5.92 Å². The van der Waals surface area contributed by atoms with Crippen LogP contribution in [0.25, 0.3) is 0 Å². The molecule has 0 fully saturated rings. The predicted octanol–water partition coefficient (Wildman–Crippen LogP) is 0.342. The molecule has 5 nitrogen and oxygen atoms in total. The lowest BCUT2D eigenvalue weighted by Gasteiger charge is -2.26. The Labute approximate surface area is 138 Å². The first kappa shape index (κ1) is 17.5. The first-order valence-electron chi connectivity index (χ1n) is 8.51. The van der Waals surface area contributed by atoms with Gasteiger partial charge < -0.3 is 16.0 Å². The van der Waals surface area contributed by atoms with Crippen LogP contribution in [0.15, 0.2) is 24.3 Å². The quantitative estimate of drug-likeness (QED) is 0.708. The molecular weight excluding hydrogens is 290 g/mol. The molecule has 1 aliphatic heterocycles. The van der Waals surface area contributed by atoms with Gasteiger partial charge in [-0.1, -0.05) is 45.0 Å². The lowest BCUT2D eigenvalue weighted by Crippen LogP contribution is -2.93. The van der Waals surface area contributed by atoms with E-state index in [0.717, 1.165) is 13.0 Å². The molecule has 1 aromatic carbocycles. The number of fused-ring (bicyclic) bond motifs is 1. The highest BCUT2D eigenvalue weighted by Crippen LogP contribution is 2.13. The molecule has 0 unspecified atom stereocenters. The Balaban J connectivity index is 1.98. The minimum Gasteiger partial charge on any atom is -0.354 e. The Bertz CT molecular complexity index is 557. The van der Waals surface area contributed by atoms with Crippen molar-refractivity contribution >= 4 is 11.8 Å². The summed E-state index contributed by atoms with van der Waals surface area (Å²) in [4.78, 5) is 24.8. The van der Waals surface area contributed by atoms with Crippen molar-refractivity contribution in [1.82, 2.24) is 10.6 Å². The second kappa shape index (κ2) is 8.11. The van der Waals surface area contributed by atoms with Gasteiger partial charge in [0.05, 0.1) is 0 Å². The number of nitrogens with one attached hydrogen (secondary N) is 2. The number of carbonyl (C=O) groups excluding carboxylic acids is 2. The van der Waals surface area contributed by atoms with Crippen LogP contribution in [0.4, 0.5) is 0 Å². The van der Waals surface area contributed by atoms with Crippen LogP contribution in [-0.4, -0.2) is 30.4 Å². The minimum absolute atomic E-state index is 0.0511. The maximum Gasteiger partial charge on any atom is 0.279 e. The summed E-state index contributed by atoms with van der Waals surface area (Å²) in [6, 6.07) is 7.59. The summed E-state index contributed by atoms with van der Waals surface area (Å²) in [6.07, 6.45) is 1.60. The molecule has 0 radical (unpaired) electrons. The largest absolute Gasteiger partial charge is 0.354 e. The maximum absolute atomic E-state index is 12.6. The predicted molar refractivity (Wildman–Crippen MR) is 89.6 cm³/mol. The van der Waals surface area contributed by atoms with E-state index in [0.29, 0.717) is 13.0 Å². The average molecular weight is 318 g/mol. The van der Waals surface area contributed by atoms with Crippen LogP contribution in [0.1, 0.15) is 38.3 Å². The van der Waals surface area contributed by atoms with Gasteiger partial charge in [-0.2, -0.15) is 0 Å². The second-order valence-electron chi connectivity index (χ2n) is 6.54. The number of amides is 2. The van der Waals surface area contributed by atoms with E-state index < -0.39 is 6.04 Å². The van der Waals surface area contributed by atoms with Crippen molar-refractivity contribution in [3.63, 3.8) is 0 Å². The summed E-state index contributed by atoms with van der Waals surface area (Å²) in [5.74, 6) is -0.0806. The van der Waals surface area contributed by atoms with Crippen molar-refractivity contribution in [2.24, 2.45) is 5.92 Å². The number of carbonyl (C=O) groups is 2. The van der Waals surface area contributed by atoms with Crippen molar-refractivity contribution in [2.45, 2.75) is 52.2 Å². The molecule has 1 heterocycles. The summed E-state index contributed by atoms with van der Waals surface area (Å²) in [5, 5.41) is 7.87. The average Bonchev–Trinajstić information content (AvgIpc) is 2.56. The zero-order valence-corrected chi connectivity index (χ0v) is 14.3. The van der Waals surface area contributed by atoms with Crippen LogP contribution in [-0.2, 0) is 22.6 Å². The highest BCUT2D eigenvalue weighted by molar-refractivity contribution is 5.89. The molecule has 1 aliphatic rings. The fourth-order valence-electron chi connectivity index (χ4n) is 2.90. The van der Waals surface area contributed by atoms with Crippen molar-refractivity contribution in [1.29, 1.82) is 0 Å². The summed E-state index contributed by atoms with van der Waals surface area (Å²) >= 11 is 0. The lowest BCUT2D eigenvalue weighted by molar-refractivity contribution is -0.695. The van der Waals surface area contributed by atoms with E-state index >= 15 is 0 Å². The molecule has 0 spiro atoms. The van der Waals surface area contributed by atoms with Gasteiger partial charge in [-0.25, -0.2) is 0 Å². The minimum atomic E-state index is -0.473. The first-order valence-corrected chi connectivity index (χ1v) is 8.51. The Kier molecular flexibility index (Phi) is 6.16. The number of benzene rings is 1. The molecule has 0 bridgehead atoms. The van der Waals surface area contributed by atoms with Crippen LogP contribution < -0.4 is 16.0 Å². The number of hydrogen-bond donors (Lipinski definition) is 3. The topological polar surface area (TPSA) is 74.8 Å². The molecule has 4 N–H and O–H groups in total. The molecule has 0 saturated heterocycles. The molecule has 2 rings (SSSR count).